The van der Waals surface area contributed by atoms with Crippen LogP contribution < -0.4 is 14.4 Å². The van der Waals surface area contributed by atoms with Crippen LogP contribution in [0, 0.1) is 11.3 Å². The molecular formula is C32H37N7O6. The molecule has 0 saturated carbocycles. The van der Waals surface area contributed by atoms with E-state index in [1.165, 1.54) is 4.90 Å². The summed E-state index contributed by atoms with van der Waals surface area (Å²) in [5.74, 6) is 0.967. The number of ether oxygens (including phenoxy) is 3. The van der Waals surface area contributed by atoms with Crippen LogP contribution in [0.15, 0.2) is 36.4 Å². The van der Waals surface area contributed by atoms with E-state index in [1.54, 1.807) is 18.1 Å². The summed E-state index contributed by atoms with van der Waals surface area (Å²) in [6.45, 7) is 2.97. The highest BCUT2D eigenvalue weighted by Crippen LogP contribution is 2.35. The minimum Gasteiger partial charge on any atom is -0.468 e. The number of piperazine rings is 1. The molecule has 2 saturated heterocycles. The molecule has 1 aromatic heterocycles. The van der Waals surface area contributed by atoms with E-state index >= 15 is 0 Å². The summed E-state index contributed by atoms with van der Waals surface area (Å²) in [7, 11) is 3.62. The molecule has 6 rings (SSSR count). The second kappa shape index (κ2) is 13.1. The normalized spacial score (nSPS) is 19.9. The highest BCUT2D eigenvalue weighted by molar-refractivity contribution is 6.07. The number of methoxy groups -OCH3 is 1. The molecule has 3 aliphatic heterocycles. The molecule has 0 spiro atoms. The lowest BCUT2D eigenvalue weighted by molar-refractivity contribution is 0.0510. The molecule has 1 N–H and O–H groups in total. The monoisotopic (exact) mass is 615 g/mol. The Morgan fingerprint density at radius 2 is 1.93 bits per heavy atom. The van der Waals surface area contributed by atoms with Gasteiger partial charge in [0.1, 0.15) is 18.2 Å². The number of likely N-dealkylation sites (N-methyl/N-ethyl adjacent to an activating group) is 1. The predicted molar refractivity (Wildman–Crippen MR) is 164 cm³/mol. The van der Waals surface area contributed by atoms with Gasteiger partial charge in [-0.2, -0.15) is 15.2 Å². The smallest absolute Gasteiger partial charge is 0.407 e. The van der Waals surface area contributed by atoms with E-state index in [-0.39, 0.29) is 50.8 Å². The SMILES string of the molecule is COCOc1cc(C(=O)N2Cc3nc(OCC4CCCN4C)nc(N4CCN(C(=O)O)C(CC#N)C4)c3C2)c2ccccc2c1. The minimum atomic E-state index is -1.05. The van der Waals surface area contributed by atoms with E-state index in [2.05, 4.69) is 18.0 Å². The summed E-state index contributed by atoms with van der Waals surface area (Å²) in [6.07, 6.45) is 1.16. The Kier molecular flexibility index (Phi) is 8.86. The van der Waals surface area contributed by atoms with Gasteiger partial charge in [0.15, 0.2) is 6.79 Å². The molecule has 2 atom stereocenters. The first-order valence-corrected chi connectivity index (χ1v) is 15.1. The van der Waals surface area contributed by atoms with Gasteiger partial charge in [0.05, 0.1) is 42.9 Å². The average molecular weight is 616 g/mol. The van der Waals surface area contributed by atoms with Crippen LogP contribution in [0.5, 0.6) is 11.8 Å². The first-order chi connectivity index (χ1) is 21.9. The van der Waals surface area contributed by atoms with E-state index in [0.29, 0.717) is 42.5 Å². The number of carbonyl (C=O) groups is 2. The van der Waals surface area contributed by atoms with Crippen molar-refractivity contribution >= 4 is 28.6 Å². The summed E-state index contributed by atoms with van der Waals surface area (Å²) >= 11 is 0. The molecule has 236 valence electrons. The van der Waals surface area contributed by atoms with Crippen molar-refractivity contribution in [2.24, 2.45) is 0 Å². The zero-order valence-corrected chi connectivity index (χ0v) is 25.5. The molecule has 2 unspecified atom stereocenters. The minimum absolute atomic E-state index is 0.0570. The Morgan fingerprint density at radius 3 is 2.69 bits per heavy atom. The van der Waals surface area contributed by atoms with Crippen LogP contribution >= 0.6 is 0 Å². The number of benzene rings is 2. The quantitative estimate of drug-likeness (QED) is 0.354. The van der Waals surface area contributed by atoms with Crippen molar-refractivity contribution in [1.82, 2.24) is 24.7 Å². The van der Waals surface area contributed by atoms with E-state index in [4.69, 9.17) is 24.2 Å². The number of hydrogen-bond acceptors (Lipinski definition) is 10. The third-order valence-corrected chi connectivity index (χ3v) is 8.87. The van der Waals surface area contributed by atoms with Gasteiger partial charge in [0.2, 0.25) is 0 Å². The summed E-state index contributed by atoms with van der Waals surface area (Å²) in [6, 6.07) is 13.4. The molecule has 4 heterocycles. The maximum absolute atomic E-state index is 14.2. The predicted octanol–water partition coefficient (Wildman–Crippen LogP) is 3.32. The van der Waals surface area contributed by atoms with E-state index in [9.17, 15) is 20.0 Å². The van der Waals surface area contributed by atoms with Gasteiger partial charge in [-0.1, -0.05) is 24.3 Å². The number of amides is 2. The Labute approximate surface area is 261 Å². The van der Waals surface area contributed by atoms with Crippen molar-refractivity contribution in [3.8, 4) is 17.8 Å². The van der Waals surface area contributed by atoms with Gasteiger partial charge in [-0.05, 0) is 49.3 Å². The van der Waals surface area contributed by atoms with Gasteiger partial charge in [0.25, 0.3) is 5.91 Å². The Morgan fingerprint density at radius 1 is 1.09 bits per heavy atom. The standard InChI is InChI=1S/C32H37N7O6/c1-36-11-5-7-23(36)19-44-31-34-28-18-38(30(40)26-15-24(45-20-43-2)14-21-6-3-4-8-25(21)26)17-27(28)29(35-31)37-12-13-39(32(41)42)22(16-37)9-10-33/h3-4,6,8,14-15,22-23H,5,7,9,11-13,16-20H2,1-2H3,(H,41,42). The molecule has 13 nitrogen and oxygen atoms in total. The molecule has 0 aliphatic carbocycles. The second-order valence-corrected chi connectivity index (χ2v) is 11.7. The fourth-order valence-corrected chi connectivity index (χ4v) is 6.47. The summed E-state index contributed by atoms with van der Waals surface area (Å²) in [5, 5.41) is 20.8. The van der Waals surface area contributed by atoms with Gasteiger partial charge >= 0.3 is 12.1 Å². The maximum Gasteiger partial charge on any atom is 0.407 e. The molecule has 2 fully saturated rings. The second-order valence-electron chi connectivity index (χ2n) is 11.7. The van der Waals surface area contributed by atoms with Crippen LogP contribution in [-0.2, 0) is 17.8 Å². The summed E-state index contributed by atoms with van der Waals surface area (Å²) in [5.41, 5.74) is 1.99. The van der Waals surface area contributed by atoms with Crippen molar-refractivity contribution in [2.75, 3.05) is 58.6 Å². The number of rotatable bonds is 9. The Bertz CT molecular complexity index is 1630. The highest BCUT2D eigenvalue weighted by atomic mass is 16.7. The molecule has 13 heteroatoms. The van der Waals surface area contributed by atoms with Crippen LogP contribution in [0.4, 0.5) is 10.6 Å². The number of aromatic nitrogens is 2. The molecule has 2 amide bonds. The van der Waals surface area contributed by atoms with Crippen molar-refractivity contribution in [2.45, 2.75) is 44.4 Å². The summed E-state index contributed by atoms with van der Waals surface area (Å²) < 4.78 is 17.0. The molecule has 3 aliphatic rings. The lowest BCUT2D eigenvalue weighted by Gasteiger charge is -2.40. The van der Waals surface area contributed by atoms with Crippen molar-refractivity contribution < 1.29 is 28.9 Å². The lowest BCUT2D eigenvalue weighted by atomic mass is 10.0. The zero-order valence-electron chi connectivity index (χ0n) is 25.5. The van der Waals surface area contributed by atoms with Gasteiger partial charge in [-0.15, -0.1) is 0 Å². The molecule has 0 radical (unpaired) electrons. The Hall–Kier alpha value is -4.67. The number of carbonyl (C=O) groups excluding carboxylic acids is 1. The number of nitriles is 1. The van der Waals surface area contributed by atoms with Crippen LogP contribution in [0.3, 0.4) is 0 Å². The topological polar surface area (TPSA) is 145 Å². The van der Waals surface area contributed by atoms with Crippen LogP contribution in [0.2, 0.25) is 0 Å². The number of carboxylic acid groups (broad SMARTS) is 1. The van der Waals surface area contributed by atoms with E-state index in [0.717, 1.165) is 35.7 Å². The van der Waals surface area contributed by atoms with E-state index < -0.39 is 12.1 Å². The van der Waals surface area contributed by atoms with Gasteiger partial charge in [-0.25, -0.2) is 4.79 Å². The van der Waals surface area contributed by atoms with Gasteiger partial charge in [0, 0.05) is 38.3 Å². The van der Waals surface area contributed by atoms with Crippen LogP contribution in [0.1, 0.15) is 40.9 Å². The zero-order chi connectivity index (χ0) is 31.5. The van der Waals surface area contributed by atoms with Gasteiger partial charge < -0.3 is 38.9 Å². The molecule has 0 bridgehead atoms. The number of anilines is 1. The van der Waals surface area contributed by atoms with Crippen molar-refractivity contribution in [3.63, 3.8) is 0 Å². The van der Waals surface area contributed by atoms with Crippen LogP contribution in [-0.4, -0.2) is 108 Å². The maximum atomic E-state index is 14.2. The number of hydrogen-bond donors (Lipinski definition) is 1. The first-order valence-electron chi connectivity index (χ1n) is 15.1. The van der Waals surface area contributed by atoms with Gasteiger partial charge in [-0.3, -0.25) is 4.79 Å². The van der Waals surface area contributed by atoms with Crippen molar-refractivity contribution in [1.29, 1.82) is 5.26 Å². The molecule has 2 aromatic carbocycles. The lowest BCUT2D eigenvalue weighted by Crippen LogP contribution is -2.55. The molecular weight excluding hydrogens is 578 g/mol. The average Bonchev–Trinajstić information content (AvgIpc) is 3.67. The molecule has 3 aromatic rings. The number of nitrogens with zero attached hydrogens (tertiary/aromatic N) is 7. The largest absolute Gasteiger partial charge is 0.468 e. The third kappa shape index (κ3) is 6.29. The fraction of sp³-hybridized carbons (Fsp3) is 0.469. The number of fused-ring (bicyclic) bond motifs is 2. The highest BCUT2D eigenvalue weighted by Gasteiger charge is 2.36. The van der Waals surface area contributed by atoms with Crippen molar-refractivity contribution in [3.05, 3.63) is 53.2 Å². The van der Waals surface area contributed by atoms with E-state index in [1.807, 2.05) is 35.2 Å². The molecule has 45 heavy (non-hydrogen) atoms. The van der Waals surface area contributed by atoms with Crippen LogP contribution in [0.25, 0.3) is 10.8 Å². The fourth-order valence-electron chi connectivity index (χ4n) is 6.47. The summed E-state index contributed by atoms with van der Waals surface area (Å²) in [4.78, 5) is 42.9. The number of likely N-dealkylation sites (tertiary alicyclic amines) is 1. The first kappa shape index (κ1) is 30.4. The Balaban J connectivity index is 1.32. The third-order valence-electron chi connectivity index (χ3n) is 8.87.